The molecule has 16 heavy (non-hydrogen) atoms. The molecule has 0 aromatic rings. The largest absolute Gasteiger partial charge is 0.314 e. The van der Waals surface area contributed by atoms with Crippen LogP contribution in [0.3, 0.4) is 0 Å². The van der Waals surface area contributed by atoms with Gasteiger partial charge >= 0.3 is 0 Å². The molecule has 0 amide bonds. The van der Waals surface area contributed by atoms with Crippen molar-refractivity contribution >= 4 is 0 Å². The molecular weight excluding hydrogens is 196 g/mol. The van der Waals surface area contributed by atoms with Gasteiger partial charge in [-0.3, -0.25) is 0 Å². The first kappa shape index (κ1) is 12.4. The van der Waals surface area contributed by atoms with E-state index in [1.807, 2.05) is 0 Å². The van der Waals surface area contributed by atoms with E-state index in [1.165, 1.54) is 45.3 Å². The quantitative estimate of drug-likeness (QED) is 0.746. The molecule has 2 heteroatoms. The van der Waals surface area contributed by atoms with E-state index >= 15 is 0 Å². The molecule has 94 valence electrons. The molecule has 3 atom stereocenters. The maximum Gasteiger partial charge on any atom is 0.0105 e. The van der Waals surface area contributed by atoms with E-state index in [0.29, 0.717) is 0 Å². The Bertz CT molecular complexity index is 213. The summed E-state index contributed by atoms with van der Waals surface area (Å²) in [5.41, 5.74) is 0. The fourth-order valence-electron chi connectivity index (χ4n) is 2.74. The smallest absolute Gasteiger partial charge is 0.0105 e. The topological polar surface area (TPSA) is 15.3 Å². The Kier molecular flexibility index (Phi) is 4.26. The van der Waals surface area contributed by atoms with Crippen molar-refractivity contribution in [3.05, 3.63) is 0 Å². The second-order valence-corrected chi connectivity index (χ2v) is 5.96. The molecule has 3 unspecified atom stereocenters. The molecule has 1 heterocycles. The third-order valence-electron chi connectivity index (χ3n) is 4.60. The third kappa shape index (κ3) is 3.21. The van der Waals surface area contributed by atoms with E-state index in [4.69, 9.17) is 0 Å². The Labute approximate surface area is 101 Å². The minimum atomic E-state index is 0.753. The van der Waals surface area contributed by atoms with Crippen LogP contribution in [0.1, 0.15) is 46.5 Å². The highest BCUT2D eigenvalue weighted by molar-refractivity contribution is 4.85. The van der Waals surface area contributed by atoms with E-state index in [-0.39, 0.29) is 0 Å². The highest BCUT2D eigenvalue weighted by Gasteiger charge is 2.28. The Hall–Kier alpha value is -0.0800. The van der Waals surface area contributed by atoms with Crippen LogP contribution in [0.4, 0.5) is 0 Å². The zero-order chi connectivity index (χ0) is 11.5. The van der Waals surface area contributed by atoms with Crippen LogP contribution in [0.5, 0.6) is 0 Å². The summed E-state index contributed by atoms with van der Waals surface area (Å²) in [6.45, 7) is 11.0. The Balaban J connectivity index is 1.70. The monoisotopic (exact) mass is 224 g/mol. The first-order valence-corrected chi connectivity index (χ1v) is 7.18. The number of rotatable bonds is 6. The fourth-order valence-corrected chi connectivity index (χ4v) is 2.74. The van der Waals surface area contributed by atoms with Crippen LogP contribution in [0, 0.1) is 11.8 Å². The van der Waals surface area contributed by atoms with Gasteiger partial charge in [0, 0.05) is 18.6 Å². The van der Waals surface area contributed by atoms with Crippen molar-refractivity contribution < 1.29 is 0 Å². The van der Waals surface area contributed by atoms with Crippen molar-refractivity contribution in [2.75, 3.05) is 19.6 Å². The van der Waals surface area contributed by atoms with Crippen LogP contribution in [0.15, 0.2) is 0 Å². The molecule has 2 rings (SSSR count). The third-order valence-corrected chi connectivity index (χ3v) is 4.60. The molecule has 0 aromatic heterocycles. The van der Waals surface area contributed by atoms with Crippen LogP contribution < -0.4 is 5.32 Å². The Morgan fingerprint density at radius 3 is 2.56 bits per heavy atom. The zero-order valence-electron chi connectivity index (χ0n) is 11.2. The summed E-state index contributed by atoms with van der Waals surface area (Å²) in [4.78, 5) is 2.70. The average Bonchev–Trinajstić information content (AvgIpc) is 3.00. The van der Waals surface area contributed by atoms with E-state index in [9.17, 15) is 0 Å². The van der Waals surface area contributed by atoms with Gasteiger partial charge in [-0.25, -0.2) is 0 Å². The maximum absolute atomic E-state index is 3.66. The van der Waals surface area contributed by atoms with Crippen molar-refractivity contribution in [1.29, 1.82) is 0 Å². The van der Waals surface area contributed by atoms with Gasteiger partial charge in [0.25, 0.3) is 0 Å². The van der Waals surface area contributed by atoms with Crippen LogP contribution in [-0.4, -0.2) is 36.6 Å². The van der Waals surface area contributed by atoms with E-state index in [1.54, 1.807) is 0 Å². The van der Waals surface area contributed by atoms with Crippen LogP contribution in [0.2, 0.25) is 0 Å². The summed E-state index contributed by atoms with van der Waals surface area (Å²) in [5, 5.41) is 3.66. The van der Waals surface area contributed by atoms with Crippen molar-refractivity contribution in [1.82, 2.24) is 10.2 Å². The van der Waals surface area contributed by atoms with E-state index in [2.05, 4.69) is 31.0 Å². The number of hydrogen-bond donors (Lipinski definition) is 1. The summed E-state index contributed by atoms with van der Waals surface area (Å²) in [6.07, 6.45) is 5.59. The molecule has 0 bridgehead atoms. The minimum absolute atomic E-state index is 0.753. The lowest BCUT2D eigenvalue weighted by molar-refractivity contribution is 0.188. The summed E-state index contributed by atoms with van der Waals surface area (Å²) in [5.74, 6) is 1.75. The van der Waals surface area contributed by atoms with Crippen molar-refractivity contribution in [2.24, 2.45) is 11.8 Å². The molecule has 1 aliphatic heterocycles. The molecule has 2 fully saturated rings. The molecule has 1 N–H and O–H groups in total. The predicted molar refractivity (Wildman–Crippen MR) is 69.6 cm³/mol. The van der Waals surface area contributed by atoms with Crippen molar-refractivity contribution in [3.8, 4) is 0 Å². The lowest BCUT2D eigenvalue weighted by Crippen LogP contribution is -2.40. The fraction of sp³-hybridized carbons (Fsp3) is 1.00. The van der Waals surface area contributed by atoms with Gasteiger partial charge in [0.1, 0.15) is 0 Å². The summed E-state index contributed by atoms with van der Waals surface area (Å²) in [6, 6.07) is 1.61. The lowest BCUT2D eigenvalue weighted by Gasteiger charge is -2.30. The van der Waals surface area contributed by atoms with Gasteiger partial charge in [0.15, 0.2) is 0 Å². The number of nitrogens with one attached hydrogen (secondary N) is 1. The molecule has 0 radical (unpaired) electrons. The van der Waals surface area contributed by atoms with Gasteiger partial charge in [-0.2, -0.15) is 0 Å². The molecule has 0 spiro atoms. The molecular formula is C14H28N2. The van der Waals surface area contributed by atoms with Gasteiger partial charge in [0.05, 0.1) is 0 Å². The van der Waals surface area contributed by atoms with Gasteiger partial charge in [0.2, 0.25) is 0 Å². The maximum atomic E-state index is 3.66. The van der Waals surface area contributed by atoms with Crippen LogP contribution in [0.25, 0.3) is 0 Å². The van der Waals surface area contributed by atoms with Crippen molar-refractivity contribution in [3.63, 3.8) is 0 Å². The summed E-state index contributed by atoms with van der Waals surface area (Å²) >= 11 is 0. The Morgan fingerprint density at radius 2 is 2.00 bits per heavy atom. The minimum Gasteiger partial charge on any atom is -0.314 e. The van der Waals surface area contributed by atoms with Crippen LogP contribution in [-0.2, 0) is 0 Å². The summed E-state index contributed by atoms with van der Waals surface area (Å²) in [7, 11) is 0. The molecule has 0 aromatic carbocycles. The van der Waals surface area contributed by atoms with Gasteiger partial charge < -0.3 is 10.2 Å². The highest BCUT2D eigenvalue weighted by Crippen LogP contribution is 2.24. The first-order valence-electron chi connectivity index (χ1n) is 7.18. The van der Waals surface area contributed by atoms with E-state index < -0.39 is 0 Å². The predicted octanol–water partition coefficient (Wildman–Crippen LogP) is 2.49. The van der Waals surface area contributed by atoms with Gasteiger partial charge in [-0.05, 0) is 51.1 Å². The molecule has 1 saturated heterocycles. The van der Waals surface area contributed by atoms with Crippen LogP contribution >= 0.6 is 0 Å². The SMILES string of the molecule is CCC1CCN(C(C)C(C)CNC2CC2)C1. The van der Waals surface area contributed by atoms with Gasteiger partial charge in [-0.15, -0.1) is 0 Å². The number of nitrogens with zero attached hydrogens (tertiary/aromatic N) is 1. The Morgan fingerprint density at radius 1 is 1.25 bits per heavy atom. The average molecular weight is 224 g/mol. The molecule has 1 aliphatic carbocycles. The molecule has 1 saturated carbocycles. The summed E-state index contributed by atoms with van der Waals surface area (Å²) < 4.78 is 0. The van der Waals surface area contributed by atoms with Crippen molar-refractivity contribution in [2.45, 2.75) is 58.5 Å². The second-order valence-electron chi connectivity index (χ2n) is 5.96. The lowest BCUT2D eigenvalue weighted by atomic mass is 10.0. The molecule has 2 aliphatic rings. The number of hydrogen-bond acceptors (Lipinski definition) is 2. The first-order chi connectivity index (χ1) is 7.70. The standard InChI is InChI=1S/C14H28N2/c1-4-13-7-8-16(10-13)12(3)11(2)9-15-14-5-6-14/h11-15H,4-10H2,1-3H3. The van der Waals surface area contributed by atoms with E-state index in [0.717, 1.165) is 23.9 Å². The highest BCUT2D eigenvalue weighted by atomic mass is 15.2. The number of likely N-dealkylation sites (tertiary alicyclic amines) is 1. The molecule has 2 nitrogen and oxygen atoms in total. The zero-order valence-corrected chi connectivity index (χ0v) is 11.2. The van der Waals surface area contributed by atoms with Gasteiger partial charge in [-0.1, -0.05) is 20.3 Å². The second kappa shape index (κ2) is 5.50. The normalized spacial score (nSPS) is 30.6.